The lowest BCUT2D eigenvalue weighted by Crippen LogP contribution is -2.34. The van der Waals surface area contributed by atoms with Gasteiger partial charge in [-0.1, -0.05) is 13.3 Å². The van der Waals surface area contributed by atoms with E-state index in [9.17, 15) is 19.2 Å². The Labute approximate surface area is 116 Å². The van der Waals surface area contributed by atoms with Crippen molar-refractivity contribution in [2.45, 2.75) is 32.6 Å². The third kappa shape index (κ3) is 4.49. The molecular formula is C13H17NO6. The van der Waals surface area contributed by atoms with Gasteiger partial charge in [-0.05, 0) is 6.42 Å². The fourth-order valence-corrected chi connectivity index (χ4v) is 1.75. The van der Waals surface area contributed by atoms with E-state index in [1.807, 2.05) is 6.92 Å². The summed E-state index contributed by atoms with van der Waals surface area (Å²) >= 11 is 0. The Morgan fingerprint density at radius 2 is 2.00 bits per heavy atom. The van der Waals surface area contributed by atoms with Crippen molar-refractivity contribution in [2.24, 2.45) is 0 Å². The van der Waals surface area contributed by atoms with Gasteiger partial charge in [-0.2, -0.15) is 0 Å². The van der Waals surface area contributed by atoms with Crippen molar-refractivity contribution in [1.29, 1.82) is 0 Å². The molecule has 1 rings (SSSR count). The maximum atomic E-state index is 11.8. The number of rotatable bonds is 8. The summed E-state index contributed by atoms with van der Waals surface area (Å²) in [6.45, 7) is 1.77. The predicted molar refractivity (Wildman–Crippen MR) is 67.5 cm³/mol. The van der Waals surface area contributed by atoms with Crippen molar-refractivity contribution in [1.82, 2.24) is 4.90 Å². The predicted octanol–water partition coefficient (Wildman–Crippen LogP) is 0.490. The van der Waals surface area contributed by atoms with Crippen LogP contribution >= 0.6 is 0 Å². The average molecular weight is 283 g/mol. The number of hydrogen-bond donors (Lipinski definition) is 1. The van der Waals surface area contributed by atoms with Crippen molar-refractivity contribution in [3.63, 3.8) is 0 Å². The highest BCUT2D eigenvalue weighted by molar-refractivity contribution is 6.16. The van der Waals surface area contributed by atoms with Crippen LogP contribution in [-0.4, -0.2) is 46.9 Å². The third-order valence-electron chi connectivity index (χ3n) is 2.72. The molecule has 0 aromatic heterocycles. The second kappa shape index (κ2) is 7.42. The largest absolute Gasteiger partial charge is 0.481 e. The zero-order valence-electron chi connectivity index (χ0n) is 11.3. The van der Waals surface area contributed by atoms with Crippen LogP contribution in [0.25, 0.3) is 0 Å². The number of aliphatic carboxylic acids is 1. The molecule has 0 unspecified atom stereocenters. The molecule has 0 saturated heterocycles. The zero-order valence-corrected chi connectivity index (χ0v) is 11.3. The van der Waals surface area contributed by atoms with E-state index in [0.29, 0.717) is 12.0 Å². The number of esters is 1. The molecule has 0 fully saturated rings. The van der Waals surface area contributed by atoms with Gasteiger partial charge in [0.05, 0.1) is 19.4 Å². The lowest BCUT2D eigenvalue weighted by Gasteiger charge is -2.14. The summed E-state index contributed by atoms with van der Waals surface area (Å²) in [6.07, 6.45) is 2.08. The van der Waals surface area contributed by atoms with Crippen molar-refractivity contribution in [3.8, 4) is 0 Å². The SMILES string of the molecule is CCCC1=CC(=O)N(CCOC(=O)CCC(=O)O)C1=O. The Bertz CT molecular complexity index is 454. The monoisotopic (exact) mass is 283 g/mol. The number of carboxylic acids is 1. The molecule has 0 atom stereocenters. The lowest BCUT2D eigenvalue weighted by atomic mass is 10.1. The first-order valence-electron chi connectivity index (χ1n) is 6.39. The summed E-state index contributed by atoms with van der Waals surface area (Å²) in [5.41, 5.74) is 0.467. The molecule has 0 saturated carbocycles. The minimum Gasteiger partial charge on any atom is -0.481 e. The second-order valence-electron chi connectivity index (χ2n) is 4.33. The summed E-state index contributed by atoms with van der Waals surface area (Å²) in [5, 5.41) is 8.40. The Hall–Kier alpha value is -2.18. The quantitative estimate of drug-likeness (QED) is 0.514. The summed E-state index contributed by atoms with van der Waals surface area (Å²) in [5.74, 6) is -2.49. The third-order valence-corrected chi connectivity index (χ3v) is 2.72. The first-order chi connectivity index (χ1) is 9.45. The van der Waals surface area contributed by atoms with Gasteiger partial charge >= 0.3 is 11.9 Å². The number of amides is 2. The van der Waals surface area contributed by atoms with Gasteiger partial charge in [0.1, 0.15) is 6.61 Å². The van der Waals surface area contributed by atoms with Gasteiger partial charge in [-0.3, -0.25) is 24.1 Å². The molecule has 0 aromatic rings. The number of nitrogens with zero attached hydrogens (tertiary/aromatic N) is 1. The van der Waals surface area contributed by atoms with E-state index < -0.39 is 17.8 Å². The Balaban J connectivity index is 2.33. The van der Waals surface area contributed by atoms with Gasteiger partial charge in [-0.25, -0.2) is 0 Å². The molecule has 110 valence electrons. The fourth-order valence-electron chi connectivity index (χ4n) is 1.75. The Morgan fingerprint density at radius 3 is 2.60 bits per heavy atom. The smallest absolute Gasteiger partial charge is 0.306 e. The topological polar surface area (TPSA) is 101 Å². The molecule has 0 aromatic carbocycles. The van der Waals surface area contributed by atoms with Crippen LogP contribution in [0.4, 0.5) is 0 Å². The van der Waals surface area contributed by atoms with Crippen LogP contribution in [0.15, 0.2) is 11.6 Å². The number of ether oxygens (including phenoxy) is 1. The van der Waals surface area contributed by atoms with E-state index in [2.05, 4.69) is 0 Å². The van der Waals surface area contributed by atoms with E-state index in [-0.39, 0.29) is 31.9 Å². The minimum absolute atomic E-state index is 0.0137. The Morgan fingerprint density at radius 1 is 1.30 bits per heavy atom. The summed E-state index contributed by atoms with van der Waals surface area (Å²) in [6, 6.07) is 0. The molecule has 1 aliphatic rings. The molecule has 20 heavy (non-hydrogen) atoms. The normalized spacial score (nSPS) is 14.4. The molecule has 0 radical (unpaired) electrons. The van der Waals surface area contributed by atoms with E-state index >= 15 is 0 Å². The highest BCUT2D eigenvalue weighted by atomic mass is 16.5. The first-order valence-corrected chi connectivity index (χ1v) is 6.39. The van der Waals surface area contributed by atoms with Crippen molar-refractivity contribution >= 4 is 23.8 Å². The molecule has 1 heterocycles. The van der Waals surface area contributed by atoms with E-state index in [4.69, 9.17) is 9.84 Å². The van der Waals surface area contributed by atoms with Crippen LogP contribution in [0.1, 0.15) is 32.6 Å². The lowest BCUT2D eigenvalue weighted by molar-refractivity contribution is -0.149. The molecule has 0 aliphatic carbocycles. The molecule has 2 amide bonds. The highest BCUT2D eigenvalue weighted by Gasteiger charge is 2.29. The number of imide groups is 1. The van der Waals surface area contributed by atoms with Crippen LogP contribution in [0.5, 0.6) is 0 Å². The zero-order chi connectivity index (χ0) is 15.1. The van der Waals surface area contributed by atoms with Crippen LogP contribution in [0, 0.1) is 0 Å². The highest BCUT2D eigenvalue weighted by Crippen LogP contribution is 2.16. The van der Waals surface area contributed by atoms with E-state index in [1.54, 1.807) is 0 Å². The van der Waals surface area contributed by atoms with Crippen LogP contribution in [-0.2, 0) is 23.9 Å². The van der Waals surface area contributed by atoms with Crippen molar-refractivity contribution < 1.29 is 29.0 Å². The van der Waals surface area contributed by atoms with E-state index in [1.165, 1.54) is 6.08 Å². The van der Waals surface area contributed by atoms with Crippen molar-refractivity contribution in [2.75, 3.05) is 13.2 Å². The van der Waals surface area contributed by atoms with Crippen LogP contribution < -0.4 is 0 Å². The second-order valence-corrected chi connectivity index (χ2v) is 4.33. The maximum Gasteiger partial charge on any atom is 0.306 e. The van der Waals surface area contributed by atoms with E-state index in [0.717, 1.165) is 11.3 Å². The van der Waals surface area contributed by atoms with Crippen LogP contribution in [0.2, 0.25) is 0 Å². The molecule has 1 aliphatic heterocycles. The molecule has 0 spiro atoms. The van der Waals surface area contributed by atoms with Gasteiger partial charge < -0.3 is 9.84 Å². The summed E-state index contributed by atoms with van der Waals surface area (Å²) < 4.78 is 4.77. The number of hydrogen-bond acceptors (Lipinski definition) is 5. The molecule has 7 heteroatoms. The summed E-state index contributed by atoms with van der Waals surface area (Å²) in [4.78, 5) is 45.8. The molecule has 0 bridgehead atoms. The van der Waals surface area contributed by atoms with Crippen LogP contribution in [0.3, 0.4) is 0 Å². The van der Waals surface area contributed by atoms with Gasteiger partial charge in [0.2, 0.25) is 0 Å². The van der Waals surface area contributed by atoms with Gasteiger partial charge in [0.15, 0.2) is 0 Å². The standard InChI is InChI=1S/C13H17NO6/c1-2-3-9-8-10(15)14(13(9)19)6-7-20-12(18)5-4-11(16)17/h8H,2-7H2,1H3,(H,16,17). The maximum absolute atomic E-state index is 11.8. The molecule has 7 nitrogen and oxygen atoms in total. The number of carboxylic acid groups (broad SMARTS) is 1. The fraction of sp³-hybridized carbons (Fsp3) is 0.538. The number of carbonyl (C=O) groups excluding carboxylic acids is 3. The summed E-state index contributed by atoms with van der Waals surface area (Å²) in [7, 11) is 0. The van der Waals surface area contributed by atoms with Crippen molar-refractivity contribution in [3.05, 3.63) is 11.6 Å². The van der Waals surface area contributed by atoms with Gasteiger partial charge in [-0.15, -0.1) is 0 Å². The first kappa shape index (κ1) is 15.9. The van der Waals surface area contributed by atoms with Gasteiger partial charge in [0, 0.05) is 11.6 Å². The minimum atomic E-state index is -1.08. The molecular weight excluding hydrogens is 266 g/mol. The average Bonchev–Trinajstić information content (AvgIpc) is 2.64. The Kier molecular flexibility index (Phi) is 5.89. The molecule has 1 N–H and O–H groups in total. The van der Waals surface area contributed by atoms with Gasteiger partial charge in [0.25, 0.3) is 11.8 Å². The number of carbonyl (C=O) groups is 4.